The maximum Gasteiger partial charge on any atom is 0.142 e. The highest BCUT2D eigenvalue weighted by atomic mass is 15.3. The van der Waals surface area contributed by atoms with Crippen molar-refractivity contribution in [3.8, 4) is 6.07 Å². The minimum atomic E-state index is 0.630. The van der Waals surface area contributed by atoms with Crippen molar-refractivity contribution in [1.29, 1.82) is 5.26 Å². The van der Waals surface area contributed by atoms with Gasteiger partial charge in [0.2, 0.25) is 0 Å². The Morgan fingerprint density at radius 1 is 1.33 bits per heavy atom. The standard InChI is InChI=1S/C14H16N4/c1-11-13(10-15)14(18(2)17-11)16-9-8-12-6-4-3-5-7-12/h3-7,16H,8-9H2,1-2H3. The van der Waals surface area contributed by atoms with E-state index in [1.165, 1.54) is 5.56 Å². The van der Waals surface area contributed by atoms with E-state index in [1.54, 1.807) is 4.68 Å². The number of anilines is 1. The van der Waals surface area contributed by atoms with Gasteiger partial charge in [0, 0.05) is 13.6 Å². The van der Waals surface area contributed by atoms with Crippen LogP contribution in [0.1, 0.15) is 16.8 Å². The molecule has 1 N–H and O–H groups in total. The summed E-state index contributed by atoms with van der Waals surface area (Å²) >= 11 is 0. The average molecular weight is 240 g/mol. The first kappa shape index (κ1) is 12.2. The summed E-state index contributed by atoms with van der Waals surface area (Å²) in [5, 5.41) is 16.6. The van der Waals surface area contributed by atoms with Gasteiger partial charge in [0.25, 0.3) is 0 Å². The Morgan fingerprint density at radius 2 is 2.06 bits per heavy atom. The van der Waals surface area contributed by atoms with E-state index in [-0.39, 0.29) is 0 Å². The van der Waals surface area contributed by atoms with Crippen molar-refractivity contribution in [2.45, 2.75) is 13.3 Å². The van der Waals surface area contributed by atoms with Crippen molar-refractivity contribution in [3.05, 3.63) is 47.2 Å². The fourth-order valence-electron chi connectivity index (χ4n) is 1.96. The van der Waals surface area contributed by atoms with Crippen LogP contribution in [-0.4, -0.2) is 16.3 Å². The summed E-state index contributed by atoms with van der Waals surface area (Å²) in [5.41, 5.74) is 2.68. The van der Waals surface area contributed by atoms with Gasteiger partial charge in [-0.05, 0) is 18.9 Å². The molecule has 18 heavy (non-hydrogen) atoms. The van der Waals surface area contributed by atoms with Gasteiger partial charge in [-0.15, -0.1) is 0 Å². The van der Waals surface area contributed by atoms with Gasteiger partial charge in [0.15, 0.2) is 0 Å². The van der Waals surface area contributed by atoms with E-state index >= 15 is 0 Å². The van der Waals surface area contributed by atoms with E-state index in [2.05, 4.69) is 28.6 Å². The number of aromatic nitrogens is 2. The Balaban J connectivity index is 2.01. The Hall–Kier alpha value is -2.28. The lowest BCUT2D eigenvalue weighted by molar-refractivity contribution is 0.757. The van der Waals surface area contributed by atoms with Crippen LogP contribution in [0.5, 0.6) is 0 Å². The van der Waals surface area contributed by atoms with Gasteiger partial charge < -0.3 is 5.32 Å². The second-order valence-electron chi connectivity index (χ2n) is 4.21. The molecule has 4 nitrogen and oxygen atoms in total. The van der Waals surface area contributed by atoms with E-state index in [4.69, 9.17) is 5.26 Å². The monoisotopic (exact) mass is 240 g/mol. The number of hydrogen-bond donors (Lipinski definition) is 1. The average Bonchev–Trinajstić information content (AvgIpc) is 2.65. The zero-order chi connectivity index (χ0) is 13.0. The number of nitrogens with one attached hydrogen (secondary N) is 1. The third-order valence-corrected chi connectivity index (χ3v) is 2.88. The smallest absolute Gasteiger partial charge is 0.142 e. The van der Waals surface area contributed by atoms with Crippen molar-refractivity contribution in [2.24, 2.45) is 7.05 Å². The molecule has 0 amide bonds. The van der Waals surface area contributed by atoms with Crippen molar-refractivity contribution in [3.63, 3.8) is 0 Å². The number of aryl methyl sites for hydroxylation is 2. The van der Waals surface area contributed by atoms with Gasteiger partial charge in [0.05, 0.1) is 5.69 Å². The summed E-state index contributed by atoms with van der Waals surface area (Å²) in [6.07, 6.45) is 0.927. The van der Waals surface area contributed by atoms with Gasteiger partial charge in [-0.2, -0.15) is 10.4 Å². The molecule has 0 bridgehead atoms. The van der Waals surface area contributed by atoms with Crippen LogP contribution in [0.2, 0.25) is 0 Å². The second-order valence-corrected chi connectivity index (χ2v) is 4.21. The lowest BCUT2D eigenvalue weighted by atomic mass is 10.1. The number of hydrogen-bond acceptors (Lipinski definition) is 3. The van der Waals surface area contributed by atoms with Gasteiger partial charge in [-0.3, -0.25) is 4.68 Å². The molecule has 0 aliphatic heterocycles. The summed E-state index contributed by atoms with van der Waals surface area (Å²) < 4.78 is 1.72. The zero-order valence-electron chi connectivity index (χ0n) is 10.6. The largest absolute Gasteiger partial charge is 0.369 e. The maximum absolute atomic E-state index is 9.09. The normalized spacial score (nSPS) is 10.1. The maximum atomic E-state index is 9.09. The van der Waals surface area contributed by atoms with E-state index in [9.17, 15) is 0 Å². The Morgan fingerprint density at radius 3 is 2.72 bits per heavy atom. The molecule has 0 saturated heterocycles. The quantitative estimate of drug-likeness (QED) is 0.891. The molecule has 4 heteroatoms. The SMILES string of the molecule is Cc1nn(C)c(NCCc2ccccc2)c1C#N. The molecule has 2 rings (SSSR count). The highest BCUT2D eigenvalue weighted by Gasteiger charge is 2.11. The molecule has 92 valence electrons. The van der Waals surface area contributed by atoms with Gasteiger partial charge in [-0.1, -0.05) is 30.3 Å². The van der Waals surface area contributed by atoms with Crippen LogP contribution >= 0.6 is 0 Å². The van der Waals surface area contributed by atoms with E-state index in [0.29, 0.717) is 5.56 Å². The summed E-state index contributed by atoms with van der Waals surface area (Å²) in [7, 11) is 1.85. The minimum absolute atomic E-state index is 0.630. The van der Waals surface area contributed by atoms with E-state index in [1.807, 2.05) is 32.2 Å². The molecule has 0 atom stereocenters. The summed E-state index contributed by atoms with van der Waals surface area (Å²) in [4.78, 5) is 0. The van der Waals surface area contributed by atoms with E-state index < -0.39 is 0 Å². The molecule has 1 aromatic heterocycles. The second kappa shape index (κ2) is 5.37. The fraction of sp³-hybridized carbons (Fsp3) is 0.286. The molecule has 1 aromatic carbocycles. The summed E-state index contributed by atoms with van der Waals surface area (Å²) in [6, 6.07) is 12.5. The lowest BCUT2D eigenvalue weighted by Gasteiger charge is -2.07. The van der Waals surface area contributed by atoms with E-state index in [0.717, 1.165) is 24.5 Å². The number of rotatable bonds is 4. The molecule has 0 unspecified atom stereocenters. The zero-order valence-corrected chi connectivity index (χ0v) is 10.6. The number of nitrogens with zero attached hydrogens (tertiary/aromatic N) is 3. The van der Waals surface area contributed by atoms with Crippen LogP contribution < -0.4 is 5.32 Å². The predicted molar refractivity (Wildman–Crippen MR) is 71.3 cm³/mol. The van der Waals surface area contributed by atoms with Gasteiger partial charge in [-0.25, -0.2) is 0 Å². The van der Waals surface area contributed by atoms with Crippen LogP contribution in [0.15, 0.2) is 30.3 Å². The highest BCUT2D eigenvalue weighted by Crippen LogP contribution is 2.17. The Kier molecular flexibility index (Phi) is 3.63. The number of nitriles is 1. The number of benzene rings is 1. The topological polar surface area (TPSA) is 53.6 Å². The molecule has 0 saturated carbocycles. The van der Waals surface area contributed by atoms with Crippen LogP contribution in [-0.2, 0) is 13.5 Å². The minimum Gasteiger partial charge on any atom is -0.369 e. The lowest BCUT2D eigenvalue weighted by Crippen LogP contribution is -2.09. The molecule has 0 fully saturated rings. The Labute approximate surface area is 107 Å². The molecule has 0 radical (unpaired) electrons. The molecular weight excluding hydrogens is 224 g/mol. The van der Waals surface area contributed by atoms with Crippen molar-refractivity contribution < 1.29 is 0 Å². The third kappa shape index (κ3) is 2.51. The summed E-state index contributed by atoms with van der Waals surface area (Å²) in [5.74, 6) is 0.797. The molecule has 0 aliphatic rings. The van der Waals surface area contributed by atoms with Crippen LogP contribution in [0, 0.1) is 18.3 Å². The first-order valence-corrected chi connectivity index (χ1v) is 5.94. The highest BCUT2D eigenvalue weighted by molar-refractivity contribution is 5.55. The summed E-state index contributed by atoms with van der Waals surface area (Å²) in [6.45, 7) is 2.64. The van der Waals surface area contributed by atoms with Gasteiger partial charge in [0.1, 0.15) is 17.5 Å². The first-order chi connectivity index (χ1) is 8.72. The molecule has 0 aliphatic carbocycles. The predicted octanol–water partition coefficient (Wildman–Crippen LogP) is 2.25. The van der Waals surface area contributed by atoms with Crippen molar-refractivity contribution in [2.75, 3.05) is 11.9 Å². The Bertz CT molecular complexity index is 563. The molecule has 0 spiro atoms. The molecule has 2 aromatic rings. The third-order valence-electron chi connectivity index (χ3n) is 2.88. The van der Waals surface area contributed by atoms with Crippen molar-refractivity contribution >= 4 is 5.82 Å². The first-order valence-electron chi connectivity index (χ1n) is 5.94. The van der Waals surface area contributed by atoms with Crippen LogP contribution in [0.4, 0.5) is 5.82 Å². The molecule has 1 heterocycles. The van der Waals surface area contributed by atoms with Gasteiger partial charge >= 0.3 is 0 Å². The van der Waals surface area contributed by atoms with Crippen LogP contribution in [0.25, 0.3) is 0 Å². The fourth-order valence-corrected chi connectivity index (χ4v) is 1.96. The molecular formula is C14H16N4. The van der Waals surface area contributed by atoms with Crippen molar-refractivity contribution in [1.82, 2.24) is 9.78 Å². The van der Waals surface area contributed by atoms with Crippen LogP contribution in [0.3, 0.4) is 0 Å².